The number of nitrogens with zero attached hydrogens (tertiary/aromatic N) is 1. The van der Waals surface area contributed by atoms with Crippen LogP contribution in [0.1, 0.15) is 49.5 Å². The first-order valence-corrected chi connectivity index (χ1v) is 9.84. The van der Waals surface area contributed by atoms with E-state index >= 15 is 0 Å². The lowest BCUT2D eigenvalue weighted by atomic mass is 9.76. The molecule has 0 radical (unpaired) electrons. The molecule has 2 aromatic carbocycles. The Kier molecular flexibility index (Phi) is 4.61. The van der Waals surface area contributed by atoms with Crippen LogP contribution in [0.15, 0.2) is 53.0 Å². The number of aliphatic hydroxyl groups is 1. The average Bonchev–Trinajstić information content (AvgIpc) is 2.66. The van der Waals surface area contributed by atoms with E-state index in [1.807, 2.05) is 36.4 Å². The standard InChI is InChI=1S/C21H24BrNO2/c1-21(23-12-6-3-7-13-23)19(24)17-14-16(22)10-11-18(17)25-20(21)15-8-4-2-5-9-15/h2,4-5,8-11,14,19-20,24H,3,6-7,12-13H2,1H3/t19-,20-,21+/m0/s1. The number of likely N-dealkylation sites (tertiary alicyclic amines) is 1. The number of rotatable bonds is 2. The van der Waals surface area contributed by atoms with Crippen molar-refractivity contribution in [3.63, 3.8) is 0 Å². The second-order valence-corrected chi connectivity index (χ2v) is 8.18. The fraction of sp³-hybridized carbons (Fsp3) is 0.429. The monoisotopic (exact) mass is 401 g/mol. The lowest BCUT2D eigenvalue weighted by Crippen LogP contribution is -2.59. The number of benzene rings is 2. The fourth-order valence-electron chi connectivity index (χ4n) is 4.29. The molecular formula is C21H24BrNO2. The van der Waals surface area contributed by atoms with Gasteiger partial charge in [0.1, 0.15) is 18.0 Å². The summed E-state index contributed by atoms with van der Waals surface area (Å²) >= 11 is 3.53. The van der Waals surface area contributed by atoms with Gasteiger partial charge in [0.2, 0.25) is 0 Å². The smallest absolute Gasteiger partial charge is 0.145 e. The van der Waals surface area contributed by atoms with Gasteiger partial charge in [-0.3, -0.25) is 4.90 Å². The summed E-state index contributed by atoms with van der Waals surface area (Å²) in [5.74, 6) is 0.777. The van der Waals surface area contributed by atoms with E-state index in [0.717, 1.165) is 34.4 Å². The third-order valence-electron chi connectivity index (χ3n) is 5.74. The van der Waals surface area contributed by atoms with E-state index in [0.29, 0.717) is 0 Å². The molecule has 0 aromatic heterocycles. The molecule has 25 heavy (non-hydrogen) atoms. The Bertz CT molecular complexity index is 745. The number of fused-ring (bicyclic) bond motifs is 1. The van der Waals surface area contributed by atoms with Gasteiger partial charge in [-0.25, -0.2) is 0 Å². The van der Waals surface area contributed by atoms with Crippen LogP contribution in [0.25, 0.3) is 0 Å². The SMILES string of the molecule is C[C@@]1(N2CCCCC2)[C@@H](O)c2cc(Br)ccc2O[C@H]1c1ccccc1. The molecule has 1 N–H and O–H groups in total. The van der Waals surface area contributed by atoms with Crippen LogP contribution in [0.5, 0.6) is 5.75 Å². The number of halogens is 1. The maximum atomic E-state index is 11.4. The maximum absolute atomic E-state index is 11.4. The number of ether oxygens (including phenoxy) is 1. The summed E-state index contributed by atoms with van der Waals surface area (Å²) < 4.78 is 7.46. The van der Waals surface area contributed by atoms with Crippen molar-refractivity contribution in [3.8, 4) is 5.75 Å². The van der Waals surface area contributed by atoms with Gasteiger partial charge in [-0.05, 0) is 56.6 Å². The van der Waals surface area contributed by atoms with Gasteiger partial charge in [-0.15, -0.1) is 0 Å². The van der Waals surface area contributed by atoms with Gasteiger partial charge in [-0.1, -0.05) is 52.7 Å². The first kappa shape index (κ1) is 17.1. The topological polar surface area (TPSA) is 32.7 Å². The van der Waals surface area contributed by atoms with E-state index in [1.54, 1.807) is 0 Å². The van der Waals surface area contributed by atoms with Crippen LogP contribution in [-0.2, 0) is 0 Å². The molecule has 1 fully saturated rings. The van der Waals surface area contributed by atoms with Crippen molar-refractivity contribution in [1.29, 1.82) is 0 Å². The third-order valence-corrected chi connectivity index (χ3v) is 6.23. The fourth-order valence-corrected chi connectivity index (χ4v) is 4.67. The van der Waals surface area contributed by atoms with E-state index in [4.69, 9.17) is 4.74 Å². The lowest BCUT2D eigenvalue weighted by molar-refractivity contribution is -0.113. The molecule has 132 valence electrons. The molecule has 3 atom stereocenters. The predicted molar refractivity (Wildman–Crippen MR) is 103 cm³/mol. The largest absolute Gasteiger partial charge is 0.483 e. The Morgan fingerprint density at radius 1 is 1.08 bits per heavy atom. The lowest BCUT2D eigenvalue weighted by Gasteiger charge is -2.53. The Morgan fingerprint density at radius 2 is 1.80 bits per heavy atom. The summed E-state index contributed by atoms with van der Waals surface area (Å²) in [6.07, 6.45) is 2.82. The zero-order valence-electron chi connectivity index (χ0n) is 14.5. The molecule has 0 unspecified atom stereocenters. The van der Waals surface area contributed by atoms with Crippen molar-refractivity contribution in [2.75, 3.05) is 13.1 Å². The average molecular weight is 402 g/mol. The van der Waals surface area contributed by atoms with Crippen LogP contribution in [-0.4, -0.2) is 28.6 Å². The zero-order valence-corrected chi connectivity index (χ0v) is 16.1. The minimum atomic E-state index is -0.600. The Balaban J connectivity index is 1.83. The second-order valence-electron chi connectivity index (χ2n) is 7.27. The van der Waals surface area contributed by atoms with E-state index in [9.17, 15) is 5.11 Å². The highest BCUT2D eigenvalue weighted by molar-refractivity contribution is 9.10. The molecule has 2 aliphatic rings. The molecule has 0 amide bonds. The van der Waals surface area contributed by atoms with Gasteiger partial charge in [-0.2, -0.15) is 0 Å². The molecular weight excluding hydrogens is 378 g/mol. The Labute approximate surface area is 157 Å². The summed E-state index contributed by atoms with van der Waals surface area (Å²) in [5.41, 5.74) is 1.49. The molecule has 2 aromatic rings. The Hall–Kier alpha value is -1.36. The normalized spacial score (nSPS) is 29.7. The molecule has 0 spiro atoms. The molecule has 0 aliphatic carbocycles. The van der Waals surface area contributed by atoms with Crippen LogP contribution >= 0.6 is 15.9 Å². The van der Waals surface area contributed by atoms with Crippen LogP contribution in [0.2, 0.25) is 0 Å². The number of hydrogen-bond acceptors (Lipinski definition) is 3. The van der Waals surface area contributed by atoms with Gasteiger partial charge in [0, 0.05) is 10.0 Å². The summed E-state index contributed by atoms with van der Waals surface area (Å²) in [4.78, 5) is 2.43. The number of aliphatic hydroxyl groups excluding tert-OH is 1. The molecule has 4 heteroatoms. The molecule has 2 heterocycles. The quantitative estimate of drug-likeness (QED) is 0.779. The summed E-state index contributed by atoms with van der Waals surface area (Å²) in [6.45, 7) is 4.16. The van der Waals surface area contributed by atoms with Crippen LogP contribution in [0, 0.1) is 0 Å². The minimum Gasteiger partial charge on any atom is -0.483 e. The van der Waals surface area contributed by atoms with Gasteiger partial charge in [0.25, 0.3) is 0 Å². The van der Waals surface area contributed by atoms with Crippen molar-refractivity contribution in [3.05, 3.63) is 64.1 Å². The minimum absolute atomic E-state index is 0.199. The van der Waals surface area contributed by atoms with Gasteiger partial charge in [0.15, 0.2) is 0 Å². The van der Waals surface area contributed by atoms with Crippen molar-refractivity contribution >= 4 is 15.9 Å². The highest BCUT2D eigenvalue weighted by Gasteiger charge is 2.52. The highest BCUT2D eigenvalue weighted by atomic mass is 79.9. The Morgan fingerprint density at radius 3 is 2.52 bits per heavy atom. The summed E-state index contributed by atoms with van der Waals surface area (Å²) in [6, 6.07) is 16.2. The maximum Gasteiger partial charge on any atom is 0.145 e. The predicted octanol–water partition coefficient (Wildman–Crippen LogP) is 4.86. The van der Waals surface area contributed by atoms with Crippen molar-refractivity contribution < 1.29 is 9.84 Å². The van der Waals surface area contributed by atoms with Crippen LogP contribution < -0.4 is 4.74 Å². The summed E-state index contributed by atoms with van der Waals surface area (Å²) in [7, 11) is 0. The van der Waals surface area contributed by atoms with Gasteiger partial charge < -0.3 is 9.84 Å². The molecule has 2 aliphatic heterocycles. The molecule has 3 nitrogen and oxygen atoms in total. The zero-order chi connectivity index (χ0) is 17.4. The van der Waals surface area contributed by atoms with E-state index in [1.165, 1.54) is 19.3 Å². The van der Waals surface area contributed by atoms with Gasteiger partial charge in [0.05, 0.1) is 5.54 Å². The summed E-state index contributed by atoms with van der Waals surface area (Å²) in [5, 5.41) is 11.4. The van der Waals surface area contributed by atoms with E-state index in [2.05, 4.69) is 39.9 Å². The number of hydrogen-bond donors (Lipinski definition) is 1. The third kappa shape index (κ3) is 2.90. The first-order valence-electron chi connectivity index (χ1n) is 9.05. The molecule has 0 bridgehead atoms. The van der Waals surface area contributed by atoms with Crippen molar-refractivity contribution in [2.24, 2.45) is 0 Å². The second kappa shape index (κ2) is 6.75. The molecule has 0 saturated carbocycles. The molecule has 1 saturated heterocycles. The first-order chi connectivity index (χ1) is 12.1. The molecule has 4 rings (SSSR count). The van der Waals surface area contributed by atoms with Crippen molar-refractivity contribution in [1.82, 2.24) is 4.90 Å². The van der Waals surface area contributed by atoms with E-state index < -0.39 is 11.6 Å². The number of piperidine rings is 1. The van der Waals surface area contributed by atoms with Crippen LogP contribution in [0.3, 0.4) is 0 Å². The highest BCUT2D eigenvalue weighted by Crippen LogP contribution is 2.51. The van der Waals surface area contributed by atoms with Gasteiger partial charge >= 0.3 is 0 Å². The van der Waals surface area contributed by atoms with E-state index in [-0.39, 0.29) is 6.10 Å². The van der Waals surface area contributed by atoms with Crippen LogP contribution in [0.4, 0.5) is 0 Å². The van der Waals surface area contributed by atoms with Crippen molar-refractivity contribution in [2.45, 2.75) is 43.9 Å².